The second kappa shape index (κ2) is 9.19. The first-order valence-corrected chi connectivity index (χ1v) is 9.68. The molecule has 1 amide bonds. The molecular formula is C22H21NO4S. The van der Waals surface area contributed by atoms with Crippen molar-refractivity contribution >= 4 is 28.2 Å². The van der Waals surface area contributed by atoms with Gasteiger partial charge in [-0.3, -0.25) is 4.79 Å². The smallest absolute Gasteiger partial charge is 0.341 e. The van der Waals surface area contributed by atoms with Gasteiger partial charge in [0.05, 0.1) is 14.2 Å². The summed E-state index contributed by atoms with van der Waals surface area (Å²) in [5, 5.41) is 5.23. The van der Waals surface area contributed by atoms with E-state index < -0.39 is 5.97 Å². The highest BCUT2D eigenvalue weighted by Crippen LogP contribution is 2.36. The fraction of sp³-hybridized carbons (Fsp3) is 0.182. The Kier molecular flexibility index (Phi) is 6.45. The first kappa shape index (κ1) is 19.6. The first-order valence-electron chi connectivity index (χ1n) is 8.80. The summed E-state index contributed by atoms with van der Waals surface area (Å²) in [7, 11) is 2.95. The maximum Gasteiger partial charge on any atom is 0.341 e. The maximum absolute atomic E-state index is 12.4. The number of hydrogen-bond donors (Lipinski definition) is 1. The van der Waals surface area contributed by atoms with Crippen molar-refractivity contribution in [2.45, 2.75) is 12.8 Å². The number of esters is 1. The molecule has 0 radical (unpaired) electrons. The van der Waals surface area contributed by atoms with Crippen molar-refractivity contribution in [2.24, 2.45) is 0 Å². The van der Waals surface area contributed by atoms with Gasteiger partial charge in [0.1, 0.15) is 16.3 Å². The van der Waals surface area contributed by atoms with E-state index in [9.17, 15) is 9.59 Å². The summed E-state index contributed by atoms with van der Waals surface area (Å²) in [5.74, 6) is 0.163. The van der Waals surface area contributed by atoms with E-state index in [0.29, 0.717) is 23.4 Å². The summed E-state index contributed by atoms with van der Waals surface area (Å²) in [6, 6.07) is 17.2. The summed E-state index contributed by atoms with van der Waals surface area (Å²) in [6.45, 7) is 0. The highest BCUT2D eigenvalue weighted by atomic mass is 32.1. The monoisotopic (exact) mass is 395 g/mol. The molecule has 3 rings (SSSR count). The molecule has 0 spiro atoms. The molecule has 0 aliphatic heterocycles. The minimum atomic E-state index is -0.467. The van der Waals surface area contributed by atoms with Crippen LogP contribution in [0.3, 0.4) is 0 Å². The first-order chi connectivity index (χ1) is 13.6. The molecule has 5 nitrogen and oxygen atoms in total. The molecular weight excluding hydrogens is 374 g/mol. The van der Waals surface area contributed by atoms with Gasteiger partial charge in [0, 0.05) is 17.4 Å². The lowest BCUT2D eigenvalue weighted by molar-refractivity contribution is -0.116. The van der Waals surface area contributed by atoms with Crippen molar-refractivity contribution < 1.29 is 19.1 Å². The molecule has 28 heavy (non-hydrogen) atoms. The zero-order chi connectivity index (χ0) is 19.9. The minimum Gasteiger partial charge on any atom is -0.497 e. The normalized spacial score (nSPS) is 10.4. The molecule has 0 bridgehead atoms. The second-order valence-electron chi connectivity index (χ2n) is 6.11. The summed E-state index contributed by atoms with van der Waals surface area (Å²) < 4.78 is 10.1. The Morgan fingerprint density at radius 2 is 1.71 bits per heavy atom. The SMILES string of the molecule is COC(=O)c1c(-c2ccccc2)csc1NC(=O)CCc1ccc(OC)cc1. The van der Waals surface area contributed by atoms with Crippen LogP contribution < -0.4 is 10.1 Å². The van der Waals surface area contributed by atoms with Crippen molar-refractivity contribution in [2.75, 3.05) is 19.5 Å². The van der Waals surface area contributed by atoms with Crippen LogP contribution in [0.2, 0.25) is 0 Å². The maximum atomic E-state index is 12.4. The van der Waals surface area contributed by atoms with Crippen molar-refractivity contribution in [1.82, 2.24) is 0 Å². The molecule has 0 fully saturated rings. The zero-order valence-corrected chi connectivity index (χ0v) is 16.5. The van der Waals surface area contributed by atoms with E-state index in [1.165, 1.54) is 18.4 Å². The van der Waals surface area contributed by atoms with Crippen LogP contribution in [0, 0.1) is 0 Å². The Bertz CT molecular complexity index is 948. The zero-order valence-electron chi connectivity index (χ0n) is 15.7. The van der Waals surface area contributed by atoms with Gasteiger partial charge in [-0.25, -0.2) is 4.79 Å². The van der Waals surface area contributed by atoms with Crippen LogP contribution in [0.4, 0.5) is 5.00 Å². The van der Waals surface area contributed by atoms with Crippen molar-refractivity contribution in [1.29, 1.82) is 0 Å². The number of rotatable bonds is 7. The van der Waals surface area contributed by atoms with Crippen LogP contribution in [0.1, 0.15) is 22.3 Å². The van der Waals surface area contributed by atoms with Gasteiger partial charge >= 0.3 is 5.97 Å². The van der Waals surface area contributed by atoms with Gasteiger partial charge in [0.2, 0.25) is 5.91 Å². The van der Waals surface area contributed by atoms with Crippen LogP contribution in [-0.4, -0.2) is 26.1 Å². The predicted octanol–water partition coefficient (Wildman–Crippen LogP) is 4.78. The van der Waals surface area contributed by atoms with Crippen molar-refractivity contribution in [3.8, 4) is 16.9 Å². The highest BCUT2D eigenvalue weighted by Gasteiger charge is 2.22. The molecule has 0 aliphatic carbocycles. The quantitative estimate of drug-likeness (QED) is 0.585. The van der Waals surface area contributed by atoms with Crippen LogP contribution in [0.25, 0.3) is 11.1 Å². The van der Waals surface area contributed by atoms with Gasteiger partial charge in [-0.15, -0.1) is 11.3 Å². The lowest BCUT2D eigenvalue weighted by Crippen LogP contribution is -2.14. The third-order valence-corrected chi connectivity index (χ3v) is 5.21. The standard InChI is InChI=1S/C22H21NO4S/c1-26-17-11-8-15(9-12-17)10-13-19(24)23-21-20(22(25)27-2)18(14-28-21)16-6-4-3-5-7-16/h3-9,11-12,14H,10,13H2,1-2H3,(H,23,24). The van der Waals surface area contributed by atoms with E-state index >= 15 is 0 Å². The molecule has 144 valence electrons. The van der Waals surface area contributed by atoms with Crippen LogP contribution in [0.15, 0.2) is 60.0 Å². The van der Waals surface area contributed by atoms with Crippen LogP contribution in [0.5, 0.6) is 5.75 Å². The number of carbonyl (C=O) groups is 2. The largest absolute Gasteiger partial charge is 0.497 e. The predicted molar refractivity (Wildman–Crippen MR) is 111 cm³/mol. The summed E-state index contributed by atoms with van der Waals surface area (Å²) >= 11 is 1.32. The number of amides is 1. The molecule has 0 saturated heterocycles. The van der Waals surface area contributed by atoms with E-state index in [1.54, 1.807) is 7.11 Å². The fourth-order valence-electron chi connectivity index (χ4n) is 2.82. The van der Waals surface area contributed by atoms with Crippen molar-refractivity contribution in [3.05, 3.63) is 71.1 Å². The average Bonchev–Trinajstić information content (AvgIpc) is 3.16. The molecule has 0 saturated carbocycles. The van der Waals surface area contributed by atoms with Crippen LogP contribution in [-0.2, 0) is 16.0 Å². The molecule has 0 aliphatic rings. The van der Waals surface area contributed by atoms with E-state index in [0.717, 1.165) is 22.4 Å². The molecule has 1 N–H and O–H groups in total. The van der Waals surface area contributed by atoms with Gasteiger partial charge in [-0.1, -0.05) is 42.5 Å². The molecule has 2 aromatic carbocycles. The highest BCUT2D eigenvalue weighted by molar-refractivity contribution is 7.15. The van der Waals surface area contributed by atoms with Gasteiger partial charge in [-0.05, 0) is 29.7 Å². The van der Waals surface area contributed by atoms with Gasteiger partial charge in [-0.2, -0.15) is 0 Å². The lowest BCUT2D eigenvalue weighted by Gasteiger charge is -2.08. The number of carbonyl (C=O) groups excluding carboxylic acids is 2. The van der Waals surface area contributed by atoms with E-state index in [-0.39, 0.29) is 5.91 Å². The molecule has 0 atom stereocenters. The third-order valence-electron chi connectivity index (χ3n) is 4.32. The Balaban J connectivity index is 1.73. The van der Waals surface area contributed by atoms with E-state index in [4.69, 9.17) is 9.47 Å². The number of hydrogen-bond acceptors (Lipinski definition) is 5. The van der Waals surface area contributed by atoms with Crippen molar-refractivity contribution in [3.63, 3.8) is 0 Å². The van der Waals surface area contributed by atoms with Gasteiger partial charge in [0.15, 0.2) is 0 Å². The Morgan fingerprint density at radius 1 is 1.00 bits per heavy atom. The average molecular weight is 395 g/mol. The topological polar surface area (TPSA) is 64.6 Å². The minimum absolute atomic E-state index is 0.151. The molecule has 0 unspecified atom stereocenters. The third kappa shape index (κ3) is 4.58. The van der Waals surface area contributed by atoms with E-state index in [1.807, 2.05) is 60.0 Å². The molecule has 1 aromatic heterocycles. The number of thiophene rings is 1. The second-order valence-corrected chi connectivity index (χ2v) is 6.99. The Morgan fingerprint density at radius 3 is 2.36 bits per heavy atom. The number of anilines is 1. The summed E-state index contributed by atoms with van der Waals surface area (Å²) in [4.78, 5) is 24.8. The van der Waals surface area contributed by atoms with E-state index in [2.05, 4.69) is 5.32 Å². The van der Waals surface area contributed by atoms with Gasteiger partial charge < -0.3 is 14.8 Å². The Hall–Kier alpha value is -3.12. The fourth-order valence-corrected chi connectivity index (χ4v) is 3.80. The number of benzene rings is 2. The molecule has 3 aromatic rings. The number of nitrogens with one attached hydrogen (secondary N) is 1. The number of aryl methyl sites for hydroxylation is 1. The van der Waals surface area contributed by atoms with Gasteiger partial charge in [0.25, 0.3) is 0 Å². The molecule has 6 heteroatoms. The molecule has 1 heterocycles. The van der Waals surface area contributed by atoms with Crippen LogP contribution >= 0.6 is 11.3 Å². The lowest BCUT2D eigenvalue weighted by atomic mass is 10.0. The number of ether oxygens (including phenoxy) is 2. The Labute approximate surface area is 167 Å². The summed E-state index contributed by atoms with van der Waals surface area (Å²) in [6.07, 6.45) is 0.909. The number of methoxy groups -OCH3 is 2. The summed E-state index contributed by atoms with van der Waals surface area (Å²) in [5.41, 5.74) is 3.08.